The fourth-order valence-electron chi connectivity index (χ4n) is 5.22. The number of hydrogen-bond donors (Lipinski definition) is 3. The van der Waals surface area contributed by atoms with Gasteiger partial charge in [0.05, 0.1) is 21.9 Å². The lowest BCUT2D eigenvalue weighted by molar-refractivity contribution is -0.384. The maximum atomic E-state index is 13.3. The Bertz CT molecular complexity index is 2200. The molecule has 6 rings (SSSR count). The average Bonchev–Trinajstić information content (AvgIpc) is 3.13. The SMILES string of the molecule is O=C(CSc1ccc(NC(=O)/C(=C/c2ccc([N+](=O)[O-])cc2)NC(=O)c2ccccc2)cc1)Nc1cccc2c1C(=O)c1ccccc1C2=O. The summed E-state index contributed by atoms with van der Waals surface area (Å²) in [4.78, 5) is 76.7. The number of nitro benzene ring substituents is 1. The molecule has 0 saturated heterocycles. The Morgan fingerprint density at radius 1 is 0.700 bits per heavy atom. The number of non-ortho nitro benzene ring substituents is 1. The van der Waals surface area contributed by atoms with Crippen LogP contribution in [-0.4, -0.2) is 40.0 Å². The van der Waals surface area contributed by atoms with Crippen molar-refractivity contribution in [3.63, 3.8) is 0 Å². The molecule has 0 saturated carbocycles. The Morgan fingerprint density at radius 2 is 1.34 bits per heavy atom. The molecule has 0 radical (unpaired) electrons. The molecule has 0 heterocycles. The van der Waals surface area contributed by atoms with Crippen LogP contribution in [0.2, 0.25) is 0 Å². The van der Waals surface area contributed by atoms with Crippen LogP contribution in [0.25, 0.3) is 6.08 Å². The quantitative estimate of drug-likeness (QED) is 0.0637. The standard InChI is InChI=1S/C38H26N4O7S/c43-33(40-31-12-6-11-30-34(31)36(45)29-10-5-4-9-28(29)35(30)44)22-50-27-19-15-25(16-20-27)39-38(47)32(41-37(46)24-7-2-1-3-8-24)21-23-13-17-26(18-14-23)42(48)49/h1-21H,22H2,(H,39,47)(H,40,43)(H,41,46)/b32-21-. The Morgan fingerprint density at radius 3 is 2.02 bits per heavy atom. The van der Waals surface area contributed by atoms with Crippen molar-refractivity contribution in [3.8, 4) is 0 Å². The fraction of sp³-hybridized carbons (Fsp3) is 0.0263. The van der Waals surface area contributed by atoms with Crippen LogP contribution < -0.4 is 16.0 Å². The number of carbonyl (C=O) groups excluding carboxylic acids is 5. The summed E-state index contributed by atoms with van der Waals surface area (Å²) in [5.74, 6) is -2.14. The molecule has 11 nitrogen and oxygen atoms in total. The molecular weight excluding hydrogens is 657 g/mol. The molecule has 246 valence electrons. The van der Waals surface area contributed by atoms with E-state index in [4.69, 9.17) is 0 Å². The zero-order valence-corrected chi connectivity index (χ0v) is 26.9. The molecule has 3 amide bonds. The summed E-state index contributed by atoms with van der Waals surface area (Å²) in [6, 6.07) is 31.9. The van der Waals surface area contributed by atoms with Crippen LogP contribution in [0.15, 0.2) is 132 Å². The maximum Gasteiger partial charge on any atom is 0.272 e. The number of nitrogens with zero attached hydrogens (tertiary/aromatic N) is 1. The first kappa shape index (κ1) is 33.2. The van der Waals surface area contributed by atoms with E-state index in [1.807, 2.05) is 0 Å². The molecule has 0 unspecified atom stereocenters. The molecule has 5 aromatic carbocycles. The monoisotopic (exact) mass is 682 g/mol. The third-order valence-corrected chi connectivity index (χ3v) is 8.66. The number of benzene rings is 5. The second-order valence-electron chi connectivity index (χ2n) is 11.0. The van der Waals surface area contributed by atoms with Crippen molar-refractivity contribution in [2.75, 3.05) is 16.4 Å². The van der Waals surface area contributed by atoms with Crippen molar-refractivity contribution in [1.29, 1.82) is 0 Å². The lowest BCUT2D eigenvalue weighted by Gasteiger charge is -2.20. The molecule has 12 heteroatoms. The summed E-state index contributed by atoms with van der Waals surface area (Å²) in [6.07, 6.45) is 1.41. The van der Waals surface area contributed by atoms with Gasteiger partial charge < -0.3 is 16.0 Å². The molecular formula is C38H26N4O7S. The normalized spacial score (nSPS) is 12.0. The largest absolute Gasteiger partial charge is 0.325 e. The van der Waals surface area contributed by atoms with E-state index in [1.165, 1.54) is 42.1 Å². The van der Waals surface area contributed by atoms with Crippen molar-refractivity contribution in [1.82, 2.24) is 5.32 Å². The third-order valence-electron chi connectivity index (χ3n) is 7.65. The Balaban J connectivity index is 1.11. The topological polar surface area (TPSA) is 165 Å². The van der Waals surface area contributed by atoms with Crippen molar-refractivity contribution < 1.29 is 28.9 Å². The van der Waals surface area contributed by atoms with Gasteiger partial charge in [-0.3, -0.25) is 34.1 Å². The predicted octanol–water partition coefficient (Wildman–Crippen LogP) is 6.51. The Kier molecular flexibility index (Phi) is 9.73. The zero-order chi connectivity index (χ0) is 35.2. The first-order chi connectivity index (χ1) is 24.2. The van der Waals surface area contributed by atoms with Crippen molar-refractivity contribution >= 4 is 64.2 Å². The fourth-order valence-corrected chi connectivity index (χ4v) is 5.92. The van der Waals surface area contributed by atoms with Gasteiger partial charge in [0.25, 0.3) is 17.5 Å². The number of ketones is 2. The molecule has 0 fully saturated rings. The Labute approximate surface area is 289 Å². The van der Waals surface area contributed by atoms with Gasteiger partial charge in [0, 0.05) is 45.0 Å². The molecule has 0 spiro atoms. The van der Waals surface area contributed by atoms with E-state index in [-0.39, 0.29) is 51.4 Å². The van der Waals surface area contributed by atoms with Crippen LogP contribution >= 0.6 is 11.8 Å². The van der Waals surface area contributed by atoms with E-state index in [0.717, 1.165) is 0 Å². The molecule has 0 atom stereocenters. The summed E-state index contributed by atoms with van der Waals surface area (Å²) in [7, 11) is 0. The van der Waals surface area contributed by atoms with Gasteiger partial charge in [-0.05, 0) is 66.2 Å². The molecule has 0 aliphatic heterocycles. The highest BCUT2D eigenvalue weighted by Gasteiger charge is 2.31. The van der Waals surface area contributed by atoms with Crippen LogP contribution in [0, 0.1) is 10.1 Å². The van der Waals surface area contributed by atoms with Crippen LogP contribution in [-0.2, 0) is 9.59 Å². The summed E-state index contributed by atoms with van der Waals surface area (Å²) in [5.41, 5.74) is 2.27. The Hall–Kier alpha value is -6.66. The van der Waals surface area contributed by atoms with Gasteiger partial charge in [0.2, 0.25) is 5.91 Å². The highest BCUT2D eigenvalue weighted by molar-refractivity contribution is 8.00. The summed E-state index contributed by atoms with van der Waals surface area (Å²) in [5, 5.41) is 19.2. The van der Waals surface area contributed by atoms with E-state index < -0.39 is 16.7 Å². The predicted molar refractivity (Wildman–Crippen MR) is 189 cm³/mol. The van der Waals surface area contributed by atoms with Crippen LogP contribution in [0.5, 0.6) is 0 Å². The number of thioether (sulfide) groups is 1. The van der Waals surface area contributed by atoms with Gasteiger partial charge in [0.1, 0.15) is 5.70 Å². The smallest absolute Gasteiger partial charge is 0.272 e. The lowest BCUT2D eigenvalue weighted by atomic mass is 9.83. The van der Waals surface area contributed by atoms with E-state index >= 15 is 0 Å². The number of amides is 3. The van der Waals surface area contributed by atoms with Gasteiger partial charge in [-0.15, -0.1) is 11.8 Å². The first-order valence-corrected chi connectivity index (χ1v) is 16.1. The van der Waals surface area contributed by atoms with Crippen LogP contribution in [0.4, 0.5) is 17.1 Å². The number of hydrogen-bond acceptors (Lipinski definition) is 8. The second kappa shape index (κ2) is 14.6. The van der Waals surface area contributed by atoms with Crippen molar-refractivity contribution in [3.05, 3.63) is 171 Å². The highest BCUT2D eigenvalue weighted by Crippen LogP contribution is 2.32. The van der Waals surface area contributed by atoms with Crippen LogP contribution in [0.1, 0.15) is 47.8 Å². The molecule has 1 aliphatic rings. The summed E-state index contributed by atoms with van der Waals surface area (Å²) < 4.78 is 0. The highest BCUT2D eigenvalue weighted by atomic mass is 32.2. The minimum atomic E-state index is -0.630. The van der Waals surface area contributed by atoms with E-state index in [0.29, 0.717) is 32.8 Å². The average molecular weight is 683 g/mol. The number of anilines is 2. The molecule has 5 aromatic rings. The summed E-state index contributed by atoms with van der Waals surface area (Å²) >= 11 is 1.23. The van der Waals surface area contributed by atoms with Gasteiger partial charge >= 0.3 is 0 Å². The molecule has 50 heavy (non-hydrogen) atoms. The lowest BCUT2D eigenvalue weighted by Crippen LogP contribution is -2.30. The summed E-state index contributed by atoms with van der Waals surface area (Å²) in [6.45, 7) is 0. The molecule has 1 aliphatic carbocycles. The zero-order valence-electron chi connectivity index (χ0n) is 26.0. The third kappa shape index (κ3) is 7.40. The van der Waals surface area contributed by atoms with Gasteiger partial charge in [-0.1, -0.05) is 54.6 Å². The minimum absolute atomic E-state index is 0.00172. The van der Waals surface area contributed by atoms with E-state index in [1.54, 1.807) is 97.1 Å². The van der Waals surface area contributed by atoms with Crippen molar-refractivity contribution in [2.45, 2.75) is 4.90 Å². The van der Waals surface area contributed by atoms with E-state index in [2.05, 4.69) is 16.0 Å². The van der Waals surface area contributed by atoms with Gasteiger partial charge in [0.15, 0.2) is 11.6 Å². The van der Waals surface area contributed by atoms with Crippen molar-refractivity contribution in [2.24, 2.45) is 0 Å². The minimum Gasteiger partial charge on any atom is -0.325 e. The molecule has 3 N–H and O–H groups in total. The second-order valence-corrected chi connectivity index (χ2v) is 12.0. The number of rotatable bonds is 10. The number of nitrogens with one attached hydrogen (secondary N) is 3. The first-order valence-electron chi connectivity index (χ1n) is 15.2. The van der Waals surface area contributed by atoms with Gasteiger partial charge in [-0.2, -0.15) is 0 Å². The molecule has 0 bridgehead atoms. The van der Waals surface area contributed by atoms with E-state index in [9.17, 15) is 34.1 Å². The number of nitro groups is 1. The molecule has 0 aromatic heterocycles. The van der Waals surface area contributed by atoms with Crippen LogP contribution in [0.3, 0.4) is 0 Å². The van der Waals surface area contributed by atoms with Gasteiger partial charge in [-0.25, -0.2) is 0 Å². The maximum absolute atomic E-state index is 13.3. The number of carbonyl (C=O) groups is 5. The number of fused-ring (bicyclic) bond motifs is 2.